The van der Waals surface area contributed by atoms with Crippen LogP contribution in [0.25, 0.3) is 22.9 Å². The van der Waals surface area contributed by atoms with Crippen molar-refractivity contribution in [1.29, 1.82) is 0 Å². The third-order valence-electron chi connectivity index (χ3n) is 2.65. The van der Waals surface area contributed by atoms with Gasteiger partial charge in [-0.05, 0) is 28.5 Å². The molecule has 1 aromatic heterocycles. The normalized spacial score (nSPS) is 10.0. The standard InChI is InChI=1S/C14H11N3.CO2/c1-2-4-13-9-11(5-7-12(13)3-1)6-8-14-10-15-17-16-14;2-1-3/h1-10H,(H,15,16,17);. The molecule has 5 nitrogen and oxygen atoms in total. The first-order valence-electron chi connectivity index (χ1n) is 5.85. The first kappa shape index (κ1) is 13.4. The molecule has 0 atom stereocenters. The number of benzene rings is 2. The minimum atomic E-state index is 0.250. The third-order valence-corrected chi connectivity index (χ3v) is 2.65. The van der Waals surface area contributed by atoms with Crippen LogP contribution >= 0.6 is 0 Å². The number of aromatic nitrogens is 3. The highest BCUT2D eigenvalue weighted by atomic mass is 16.2. The van der Waals surface area contributed by atoms with Gasteiger partial charge in [0.1, 0.15) is 5.69 Å². The van der Waals surface area contributed by atoms with Crippen molar-refractivity contribution in [1.82, 2.24) is 15.4 Å². The van der Waals surface area contributed by atoms with Gasteiger partial charge in [-0.1, -0.05) is 42.5 Å². The summed E-state index contributed by atoms with van der Waals surface area (Å²) in [5.41, 5.74) is 1.99. The van der Waals surface area contributed by atoms with Gasteiger partial charge in [-0.3, -0.25) is 0 Å². The number of nitrogens with one attached hydrogen (secondary N) is 1. The Morgan fingerprint density at radius 2 is 1.75 bits per heavy atom. The lowest BCUT2D eigenvalue weighted by Gasteiger charge is -1.98. The Hall–Kier alpha value is -3.04. The van der Waals surface area contributed by atoms with Crippen LogP contribution in [0.1, 0.15) is 11.3 Å². The molecule has 0 radical (unpaired) electrons. The second-order valence-corrected chi connectivity index (χ2v) is 3.92. The number of carbonyl (C=O) groups excluding carboxylic acids is 2. The molecule has 0 aliphatic heterocycles. The van der Waals surface area contributed by atoms with Crippen LogP contribution in [0.3, 0.4) is 0 Å². The van der Waals surface area contributed by atoms with Crippen LogP contribution in [0.4, 0.5) is 0 Å². The van der Waals surface area contributed by atoms with Gasteiger partial charge in [-0.25, -0.2) is 0 Å². The van der Waals surface area contributed by atoms with Crippen molar-refractivity contribution in [2.45, 2.75) is 0 Å². The molecular weight excluding hydrogens is 254 g/mol. The van der Waals surface area contributed by atoms with E-state index < -0.39 is 0 Å². The molecule has 5 heteroatoms. The minimum Gasteiger partial charge on any atom is -0.197 e. The summed E-state index contributed by atoms with van der Waals surface area (Å²) in [7, 11) is 0. The number of hydrogen-bond donors (Lipinski definition) is 1. The second-order valence-electron chi connectivity index (χ2n) is 3.92. The Bertz CT molecular complexity index is 743. The summed E-state index contributed by atoms with van der Waals surface area (Å²) in [5.74, 6) is 0. The summed E-state index contributed by atoms with van der Waals surface area (Å²) in [5, 5.41) is 12.8. The lowest BCUT2D eigenvalue weighted by molar-refractivity contribution is -0.191. The van der Waals surface area contributed by atoms with Crippen molar-refractivity contribution in [3.8, 4) is 0 Å². The maximum Gasteiger partial charge on any atom is 0.373 e. The Balaban J connectivity index is 0.000000452. The van der Waals surface area contributed by atoms with Gasteiger partial charge >= 0.3 is 6.15 Å². The summed E-state index contributed by atoms with van der Waals surface area (Å²) >= 11 is 0. The molecule has 3 aromatic rings. The zero-order valence-electron chi connectivity index (χ0n) is 10.5. The maximum atomic E-state index is 8.12. The molecule has 1 N–H and O–H groups in total. The molecule has 0 aliphatic carbocycles. The van der Waals surface area contributed by atoms with E-state index in [0.29, 0.717) is 0 Å². The van der Waals surface area contributed by atoms with E-state index in [1.165, 1.54) is 10.8 Å². The van der Waals surface area contributed by atoms with E-state index in [1.54, 1.807) is 6.20 Å². The predicted molar refractivity (Wildman–Crippen MR) is 74.3 cm³/mol. The van der Waals surface area contributed by atoms with Crippen LogP contribution in [0, 0.1) is 0 Å². The first-order chi connectivity index (χ1) is 9.83. The molecule has 0 unspecified atom stereocenters. The van der Waals surface area contributed by atoms with Crippen LogP contribution < -0.4 is 0 Å². The fourth-order valence-corrected chi connectivity index (χ4v) is 1.78. The predicted octanol–water partition coefficient (Wildman–Crippen LogP) is 2.54. The highest BCUT2D eigenvalue weighted by molar-refractivity contribution is 5.85. The van der Waals surface area contributed by atoms with Crippen LogP contribution in [-0.4, -0.2) is 21.6 Å². The molecule has 98 valence electrons. The first-order valence-corrected chi connectivity index (χ1v) is 5.85. The molecule has 0 spiro atoms. The number of fused-ring (bicyclic) bond motifs is 1. The Labute approximate surface area is 114 Å². The monoisotopic (exact) mass is 265 g/mol. The fraction of sp³-hybridized carbons (Fsp3) is 0. The van der Waals surface area contributed by atoms with Crippen molar-refractivity contribution >= 4 is 29.1 Å². The molecule has 20 heavy (non-hydrogen) atoms. The number of nitrogens with zero attached hydrogens (tertiary/aromatic N) is 2. The van der Waals surface area contributed by atoms with Crippen LogP contribution in [0.5, 0.6) is 0 Å². The molecule has 0 bridgehead atoms. The summed E-state index contributed by atoms with van der Waals surface area (Å²) in [6.07, 6.45) is 5.91. The number of H-pyrrole nitrogens is 1. The average molecular weight is 265 g/mol. The van der Waals surface area contributed by atoms with Gasteiger partial charge in [0.2, 0.25) is 0 Å². The topological polar surface area (TPSA) is 75.7 Å². The number of aromatic amines is 1. The second kappa shape index (κ2) is 6.78. The maximum absolute atomic E-state index is 8.12. The zero-order chi connectivity index (χ0) is 14.2. The molecule has 0 aliphatic rings. The van der Waals surface area contributed by atoms with E-state index in [1.807, 2.05) is 24.3 Å². The average Bonchev–Trinajstić information content (AvgIpc) is 2.99. The number of hydrogen-bond acceptors (Lipinski definition) is 4. The lowest BCUT2D eigenvalue weighted by atomic mass is 10.1. The van der Waals surface area contributed by atoms with Gasteiger partial charge in [-0.2, -0.15) is 25.0 Å². The Morgan fingerprint density at radius 1 is 1.00 bits per heavy atom. The Kier molecular flexibility index (Phi) is 4.54. The Morgan fingerprint density at radius 3 is 2.45 bits per heavy atom. The molecule has 0 fully saturated rings. The van der Waals surface area contributed by atoms with Gasteiger partial charge in [0.25, 0.3) is 0 Å². The van der Waals surface area contributed by atoms with Gasteiger partial charge < -0.3 is 0 Å². The molecule has 3 rings (SSSR count). The molecule has 2 aromatic carbocycles. The van der Waals surface area contributed by atoms with Crippen molar-refractivity contribution in [2.75, 3.05) is 0 Å². The summed E-state index contributed by atoms with van der Waals surface area (Å²) in [6, 6.07) is 14.7. The minimum absolute atomic E-state index is 0.250. The van der Waals surface area contributed by atoms with Gasteiger partial charge in [0, 0.05) is 0 Å². The largest absolute Gasteiger partial charge is 0.373 e. The van der Waals surface area contributed by atoms with Crippen LogP contribution in [0.15, 0.2) is 48.7 Å². The van der Waals surface area contributed by atoms with Gasteiger partial charge in [-0.15, -0.1) is 0 Å². The zero-order valence-corrected chi connectivity index (χ0v) is 10.5. The van der Waals surface area contributed by atoms with Crippen LogP contribution in [-0.2, 0) is 9.59 Å². The smallest absolute Gasteiger partial charge is 0.197 e. The molecule has 1 heterocycles. The molecule has 0 saturated carbocycles. The molecular formula is C15H11N3O2. The van der Waals surface area contributed by atoms with Crippen molar-refractivity contribution in [3.63, 3.8) is 0 Å². The third kappa shape index (κ3) is 3.48. The number of rotatable bonds is 2. The van der Waals surface area contributed by atoms with Crippen molar-refractivity contribution in [2.24, 2.45) is 0 Å². The quantitative estimate of drug-likeness (QED) is 0.772. The van der Waals surface area contributed by atoms with E-state index in [4.69, 9.17) is 9.59 Å². The molecule has 0 amide bonds. The highest BCUT2D eigenvalue weighted by Crippen LogP contribution is 2.16. The fourth-order valence-electron chi connectivity index (χ4n) is 1.78. The summed E-state index contributed by atoms with van der Waals surface area (Å²) in [4.78, 5) is 16.2. The van der Waals surface area contributed by atoms with E-state index in [9.17, 15) is 0 Å². The van der Waals surface area contributed by atoms with E-state index >= 15 is 0 Å². The summed E-state index contributed by atoms with van der Waals surface area (Å²) < 4.78 is 0. The highest BCUT2D eigenvalue weighted by Gasteiger charge is 1.93. The van der Waals surface area contributed by atoms with E-state index in [-0.39, 0.29) is 6.15 Å². The van der Waals surface area contributed by atoms with E-state index in [0.717, 1.165) is 11.3 Å². The lowest BCUT2D eigenvalue weighted by Crippen LogP contribution is -1.75. The van der Waals surface area contributed by atoms with Gasteiger partial charge in [0.05, 0.1) is 6.20 Å². The van der Waals surface area contributed by atoms with Crippen LogP contribution in [0.2, 0.25) is 0 Å². The van der Waals surface area contributed by atoms with Gasteiger partial charge in [0.15, 0.2) is 0 Å². The summed E-state index contributed by atoms with van der Waals surface area (Å²) in [6.45, 7) is 0. The van der Waals surface area contributed by atoms with Crippen molar-refractivity contribution in [3.05, 3.63) is 59.9 Å². The van der Waals surface area contributed by atoms with Crippen molar-refractivity contribution < 1.29 is 9.59 Å². The van der Waals surface area contributed by atoms with E-state index in [2.05, 4.69) is 45.7 Å². The molecule has 0 saturated heterocycles. The SMILES string of the molecule is C(=Cc1cn[nH]n1)c1ccc2ccccc2c1.O=C=O.